The number of halogens is 2. The molecule has 0 aliphatic carbocycles. The summed E-state index contributed by atoms with van der Waals surface area (Å²) in [6, 6.07) is 12.9. The molecule has 0 bridgehead atoms. The average molecular weight is 365 g/mol. The molecule has 124 valence electrons. The van der Waals surface area contributed by atoms with Crippen molar-refractivity contribution in [2.24, 2.45) is 0 Å². The minimum absolute atomic E-state index is 0.177. The van der Waals surface area contributed by atoms with Gasteiger partial charge in [0.05, 0.1) is 6.54 Å². The second kappa shape index (κ2) is 7.37. The Morgan fingerprint density at radius 2 is 1.83 bits per heavy atom. The number of anilines is 1. The lowest BCUT2D eigenvalue weighted by Gasteiger charge is -2.14. The molecule has 0 amide bonds. The van der Waals surface area contributed by atoms with Crippen molar-refractivity contribution in [3.05, 3.63) is 63.6 Å². The highest BCUT2D eigenvalue weighted by molar-refractivity contribution is 6.35. The van der Waals surface area contributed by atoms with E-state index in [-0.39, 0.29) is 12.6 Å². The van der Waals surface area contributed by atoms with Gasteiger partial charge in [-0.2, -0.15) is 0 Å². The predicted octanol–water partition coefficient (Wildman–Crippen LogP) is 2.88. The van der Waals surface area contributed by atoms with Gasteiger partial charge in [0.25, 0.3) is 5.95 Å². The van der Waals surface area contributed by atoms with Crippen LogP contribution in [0.25, 0.3) is 0 Å². The van der Waals surface area contributed by atoms with E-state index in [2.05, 4.69) is 21.0 Å². The number of nitrogens with one attached hydrogen (secondary N) is 1. The fourth-order valence-corrected chi connectivity index (χ4v) is 2.58. The van der Waals surface area contributed by atoms with E-state index in [0.717, 1.165) is 11.1 Å². The van der Waals surface area contributed by atoms with Crippen LogP contribution in [-0.2, 0) is 13.2 Å². The number of benzene rings is 2. The number of rotatable bonds is 6. The molecule has 1 heterocycles. The SMILES string of the molecule is Nc1nnnn1NCc1ccccc1OCc1c(Cl)cccc1Cl. The monoisotopic (exact) mass is 364 g/mol. The fraction of sp³-hybridized carbons (Fsp3) is 0.133. The van der Waals surface area contributed by atoms with Crippen LogP contribution in [0, 0.1) is 0 Å². The topological polar surface area (TPSA) is 90.9 Å². The summed E-state index contributed by atoms with van der Waals surface area (Å²) in [5, 5.41) is 11.9. The quantitative estimate of drug-likeness (QED) is 0.698. The maximum atomic E-state index is 6.17. The van der Waals surface area contributed by atoms with Crippen LogP contribution in [0.5, 0.6) is 5.75 Å². The minimum Gasteiger partial charge on any atom is -0.488 e. The smallest absolute Gasteiger partial charge is 0.260 e. The fourth-order valence-electron chi connectivity index (χ4n) is 2.08. The van der Waals surface area contributed by atoms with Gasteiger partial charge in [-0.25, -0.2) is 0 Å². The highest BCUT2D eigenvalue weighted by Crippen LogP contribution is 2.27. The number of ether oxygens (including phenoxy) is 1. The van der Waals surface area contributed by atoms with Crippen LogP contribution in [0.1, 0.15) is 11.1 Å². The number of tetrazole rings is 1. The van der Waals surface area contributed by atoms with E-state index in [0.29, 0.717) is 22.3 Å². The molecule has 1 aromatic heterocycles. The maximum Gasteiger partial charge on any atom is 0.260 e. The van der Waals surface area contributed by atoms with Crippen LogP contribution in [0.15, 0.2) is 42.5 Å². The van der Waals surface area contributed by atoms with Crippen LogP contribution in [0.3, 0.4) is 0 Å². The first-order valence-corrected chi connectivity index (χ1v) is 7.82. The number of para-hydroxylation sites is 1. The van der Waals surface area contributed by atoms with E-state index in [4.69, 9.17) is 33.7 Å². The highest BCUT2D eigenvalue weighted by atomic mass is 35.5. The van der Waals surface area contributed by atoms with E-state index in [1.54, 1.807) is 18.2 Å². The number of hydrogen-bond acceptors (Lipinski definition) is 6. The first-order chi connectivity index (χ1) is 11.6. The molecule has 0 unspecified atom stereocenters. The zero-order valence-corrected chi connectivity index (χ0v) is 14.0. The minimum atomic E-state index is 0.177. The molecule has 0 aliphatic rings. The van der Waals surface area contributed by atoms with Crippen molar-refractivity contribution >= 4 is 29.2 Å². The summed E-state index contributed by atoms with van der Waals surface area (Å²) in [6.45, 7) is 0.699. The molecule has 0 radical (unpaired) electrons. The molecule has 9 heteroatoms. The van der Waals surface area contributed by atoms with Crippen LogP contribution in [0.2, 0.25) is 10.0 Å². The van der Waals surface area contributed by atoms with Gasteiger partial charge in [-0.15, -0.1) is 4.79 Å². The largest absolute Gasteiger partial charge is 0.488 e. The van der Waals surface area contributed by atoms with Crippen molar-refractivity contribution in [1.82, 2.24) is 20.3 Å². The molecular weight excluding hydrogens is 351 g/mol. The summed E-state index contributed by atoms with van der Waals surface area (Å²) in [5.41, 5.74) is 10.3. The van der Waals surface area contributed by atoms with E-state index in [1.807, 2.05) is 24.3 Å². The van der Waals surface area contributed by atoms with E-state index >= 15 is 0 Å². The second-order valence-corrected chi connectivity index (χ2v) is 5.69. The van der Waals surface area contributed by atoms with Crippen molar-refractivity contribution in [3.63, 3.8) is 0 Å². The predicted molar refractivity (Wildman–Crippen MR) is 92.5 cm³/mol. The number of aromatic nitrogens is 4. The first kappa shape index (κ1) is 16.4. The standard InChI is InChI=1S/C15H14Cl2N6O/c16-12-5-3-6-13(17)11(12)9-24-14-7-2-1-4-10(14)8-19-23-15(18)20-21-22-23/h1-7,19H,8-9H2,(H2,18,20,22). The number of hydrogen-bond donors (Lipinski definition) is 2. The van der Waals surface area contributed by atoms with Gasteiger partial charge in [0.15, 0.2) is 0 Å². The van der Waals surface area contributed by atoms with Gasteiger partial charge in [-0.1, -0.05) is 52.6 Å². The Hall–Kier alpha value is -2.51. The molecule has 3 N–H and O–H groups in total. The number of nitrogens with two attached hydrogens (primary N) is 1. The molecule has 24 heavy (non-hydrogen) atoms. The van der Waals surface area contributed by atoms with E-state index in [9.17, 15) is 0 Å². The number of nitrogens with zero attached hydrogens (tertiary/aromatic N) is 4. The van der Waals surface area contributed by atoms with Crippen LogP contribution in [0.4, 0.5) is 5.95 Å². The van der Waals surface area contributed by atoms with Gasteiger partial charge in [0.1, 0.15) is 12.4 Å². The summed E-state index contributed by atoms with van der Waals surface area (Å²) >= 11 is 12.3. The third-order valence-corrected chi connectivity index (χ3v) is 4.03. The molecule has 0 spiro atoms. The second-order valence-electron chi connectivity index (χ2n) is 4.88. The summed E-state index contributed by atoms with van der Waals surface area (Å²) in [4.78, 5) is 1.29. The van der Waals surface area contributed by atoms with Crippen molar-refractivity contribution in [1.29, 1.82) is 0 Å². The summed E-state index contributed by atoms with van der Waals surface area (Å²) in [5.74, 6) is 0.879. The third-order valence-electron chi connectivity index (χ3n) is 3.32. The zero-order chi connectivity index (χ0) is 16.9. The molecule has 0 aliphatic heterocycles. The van der Waals surface area contributed by atoms with Crippen LogP contribution >= 0.6 is 23.2 Å². The van der Waals surface area contributed by atoms with Gasteiger partial charge in [0, 0.05) is 21.2 Å². The molecule has 0 atom stereocenters. The Morgan fingerprint density at radius 1 is 1.08 bits per heavy atom. The Morgan fingerprint density at radius 3 is 2.54 bits per heavy atom. The Labute approximate surface area is 148 Å². The normalized spacial score (nSPS) is 10.6. The molecule has 3 aromatic rings. The average Bonchev–Trinajstić information content (AvgIpc) is 2.98. The lowest BCUT2D eigenvalue weighted by atomic mass is 10.2. The van der Waals surface area contributed by atoms with Gasteiger partial charge < -0.3 is 15.9 Å². The van der Waals surface area contributed by atoms with Crippen molar-refractivity contribution < 1.29 is 4.74 Å². The van der Waals surface area contributed by atoms with Crippen molar-refractivity contribution in [2.45, 2.75) is 13.2 Å². The highest BCUT2D eigenvalue weighted by Gasteiger charge is 2.09. The van der Waals surface area contributed by atoms with Gasteiger partial charge in [-0.3, -0.25) is 0 Å². The molecule has 2 aromatic carbocycles. The van der Waals surface area contributed by atoms with Crippen molar-refractivity contribution in [2.75, 3.05) is 11.2 Å². The van der Waals surface area contributed by atoms with Crippen LogP contribution < -0.4 is 15.9 Å². The Kier molecular flexibility index (Phi) is 5.02. The lowest BCUT2D eigenvalue weighted by Crippen LogP contribution is -2.18. The molecule has 7 nitrogen and oxygen atoms in total. The molecule has 0 fully saturated rings. The molecule has 3 rings (SSSR count). The maximum absolute atomic E-state index is 6.17. The van der Waals surface area contributed by atoms with Gasteiger partial charge >= 0.3 is 0 Å². The van der Waals surface area contributed by atoms with Gasteiger partial charge in [0.2, 0.25) is 0 Å². The van der Waals surface area contributed by atoms with Gasteiger partial charge in [-0.05, 0) is 28.6 Å². The summed E-state index contributed by atoms with van der Waals surface area (Å²) < 4.78 is 5.88. The third kappa shape index (κ3) is 3.69. The van der Waals surface area contributed by atoms with Crippen LogP contribution in [-0.4, -0.2) is 20.3 Å². The first-order valence-electron chi connectivity index (χ1n) is 7.06. The zero-order valence-electron chi connectivity index (χ0n) is 12.5. The molecule has 0 saturated carbocycles. The summed E-state index contributed by atoms with van der Waals surface area (Å²) in [7, 11) is 0. The lowest BCUT2D eigenvalue weighted by molar-refractivity contribution is 0.303. The summed E-state index contributed by atoms with van der Waals surface area (Å²) in [6.07, 6.45) is 0. The number of nitrogen functional groups attached to an aromatic ring is 1. The molecule has 0 saturated heterocycles. The van der Waals surface area contributed by atoms with Crippen molar-refractivity contribution in [3.8, 4) is 5.75 Å². The van der Waals surface area contributed by atoms with E-state index < -0.39 is 0 Å². The van der Waals surface area contributed by atoms with E-state index in [1.165, 1.54) is 4.79 Å². The Balaban J connectivity index is 1.71. The Bertz CT molecular complexity index is 818. The molecular formula is C15H14Cl2N6O.